The van der Waals surface area contributed by atoms with Crippen LogP contribution in [0, 0.1) is 11.3 Å². The minimum Gasteiger partial charge on any atom is -0.353 e. The molecule has 1 aliphatic carbocycles. The van der Waals surface area contributed by atoms with Gasteiger partial charge in [-0.3, -0.25) is 14.4 Å². The first kappa shape index (κ1) is 20.4. The molecule has 1 saturated carbocycles. The van der Waals surface area contributed by atoms with E-state index in [9.17, 15) is 14.4 Å². The van der Waals surface area contributed by atoms with Gasteiger partial charge < -0.3 is 15.5 Å². The Morgan fingerprint density at radius 3 is 2.61 bits per heavy atom. The van der Waals surface area contributed by atoms with Crippen molar-refractivity contribution in [2.45, 2.75) is 65.3 Å². The molecule has 2 aliphatic rings. The lowest BCUT2D eigenvalue weighted by atomic mass is 9.69. The zero-order valence-electron chi connectivity index (χ0n) is 17.1. The molecule has 1 fully saturated rings. The third-order valence-electron chi connectivity index (χ3n) is 5.86. The number of nitrogens with one attached hydrogen (secondary N) is 2. The highest BCUT2D eigenvalue weighted by molar-refractivity contribution is 6.10. The van der Waals surface area contributed by atoms with E-state index in [1.54, 1.807) is 6.07 Å². The number of nitrogens with zero attached hydrogens (tertiary/aromatic N) is 1. The Morgan fingerprint density at radius 2 is 1.86 bits per heavy atom. The third kappa shape index (κ3) is 4.72. The van der Waals surface area contributed by atoms with E-state index in [1.165, 1.54) is 11.3 Å². The van der Waals surface area contributed by atoms with E-state index >= 15 is 0 Å². The lowest BCUT2D eigenvalue weighted by molar-refractivity contribution is -0.126. The van der Waals surface area contributed by atoms with Gasteiger partial charge in [-0.2, -0.15) is 0 Å². The van der Waals surface area contributed by atoms with Gasteiger partial charge in [0.25, 0.3) is 0 Å². The molecule has 3 rings (SSSR count). The molecule has 0 aromatic heterocycles. The van der Waals surface area contributed by atoms with Crippen LogP contribution in [0.3, 0.4) is 0 Å². The maximum atomic E-state index is 12.7. The monoisotopic (exact) mass is 385 g/mol. The van der Waals surface area contributed by atoms with E-state index in [1.807, 2.05) is 18.2 Å². The molecule has 6 nitrogen and oxygen atoms in total. The molecule has 2 atom stereocenters. The summed E-state index contributed by atoms with van der Waals surface area (Å²) in [7, 11) is 0. The van der Waals surface area contributed by atoms with E-state index in [0.717, 1.165) is 19.3 Å². The number of rotatable bonds is 4. The van der Waals surface area contributed by atoms with Crippen LogP contribution in [0.4, 0.5) is 11.4 Å². The number of amides is 3. The summed E-state index contributed by atoms with van der Waals surface area (Å²) < 4.78 is 0. The van der Waals surface area contributed by atoms with Gasteiger partial charge in [-0.05, 0) is 36.3 Å². The van der Waals surface area contributed by atoms with Gasteiger partial charge in [0, 0.05) is 18.9 Å². The van der Waals surface area contributed by atoms with Crippen molar-refractivity contribution >= 4 is 29.1 Å². The Kier molecular flexibility index (Phi) is 6.06. The maximum absolute atomic E-state index is 12.7. The molecule has 0 spiro atoms. The minimum absolute atomic E-state index is 0.00775. The van der Waals surface area contributed by atoms with E-state index in [4.69, 9.17) is 0 Å². The molecule has 3 amide bonds. The summed E-state index contributed by atoms with van der Waals surface area (Å²) in [5.41, 5.74) is 1.47. The van der Waals surface area contributed by atoms with Gasteiger partial charge in [0.1, 0.15) is 6.54 Å². The predicted octanol–water partition coefficient (Wildman–Crippen LogP) is 3.47. The molecule has 0 saturated heterocycles. The van der Waals surface area contributed by atoms with Crippen LogP contribution in [0.2, 0.25) is 0 Å². The van der Waals surface area contributed by atoms with Gasteiger partial charge in [-0.15, -0.1) is 0 Å². The first-order chi connectivity index (χ1) is 13.3. The van der Waals surface area contributed by atoms with Crippen LogP contribution in [-0.2, 0) is 14.4 Å². The van der Waals surface area contributed by atoms with Gasteiger partial charge >= 0.3 is 0 Å². The maximum Gasteiger partial charge on any atom is 0.244 e. The number of hydrogen-bond donors (Lipinski definition) is 2. The zero-order chi connectivity index (χ0) is 20.3. The largest absolute Gasteiger partial charge is 0.353 e. The highest BCUT2D eigenvalue weighted by Crippen LogP contribution is 2.38. The van der Waals surface area contributed by atoms with Crippen molar-refractivity contribution in [3.63, 3.8) is 0 Å². The molecule has 28 heavy (non-hydrogen) atoms. The minimum atomic E-state index is -0.216. The molecule has 152 valence electrons. The second-order valence-electron chi connectivity index (χ2n) is 8.98. The summed E-state index contributed by atoms with van der Waals surface area (Å²) in [5, 5.41) is 5.94. The van der Waals surface area contributed by atoms with E-state index in [0.29, 0.717) is 17.3 Å². The van der Waals surface area contributed by atoms with Crippen LogP contribution in [0.1, 0.15) is 59.3 Å². The molecule has 1 aliphatic heterocycles. The summed E-state index contributed by atoms with van der Waals surface area (Å²) in [4.78, 5) is 38.6. The van der Waals surface area contributed by atoms with E-state index < -0.39 is 0 Å². The van der Waals surface area contributed by atoms with Gasteiger partial charge in [0.15, 0.2) is 0 Å². The number of carbonyl (C=O) groups is 3. The quantitative estimate of drug-likeness (QED) is 0.833. The van der Waals surface area contributed by atoms with Crippen molar-refractivity contribution in [1.29, 1.82) is 0 Å². The number of fused-ring (bicyclic) bond motifs is 1. The lowest BCUT2D eigenvalue weighted by Crippen LogP contribution is -2.47. The van der Waals surface area contributed by atoms with Gasteiger partial charge in [0.05, 0.1) is 11.4 Å². The molecule has 0 radical (unpaired) electrons. The second-order valence-corrected chi connectivity index (χ2v) is 8.98. The third-order valence-corrected chi connectivity index (χ3v) is 5.86. The number of carbonyl (C=O) groups excluding carboxylic acids is 3. The summed E-state index contributed by atoms with van der Waals surface area (Å²) >= 11 is 0. The van der Waals surface area contributed by atoms with Gasteiger partial charge in [-0.1, -0.05) is 45.7 Å². The fraction of sp³-hybridized carbons (Fsp3) is 0.591. The topological polar surface area (TPSA) is 78.5 Å². The van der Waals surface area contributed by atoms with Crippen molar-refractivity contribution in [2.75, 3.05) is 16.8 Å². The van der Waals surface area contributed by atoms with Crippen LogP contribution in [0.5, 0.6) is 0 Å². The van der Waals surface area contributed by atoms with Crippen molar-refractivity contribution in [3.05, 3.63) is 24.3 Å². The Balaban J connectivity index is 1.57. The smallest absolute Gasteiger partial charge is 0.244 e. The summed E-state index contributed by atoms with van der Waals surface area (Å²) in [6.07, 6.45) is 4.72. The van der Waals surface area contributed by atoms with Crippen LogP contribution >= 0.6 is 0 Å². The Labute approximate surface area is 167 Å². The lowest BCUT2D eigenvalue weighted by Gasteiger charge is -2.40. The standard InChI is InChI=1S/C22H31N3O3/c1-22(2,3)15-8-4-5-9-16(15)23-19(26)12-13-21(28)25-14-20(27)24-17-10-6-7-11-18(17)25/h6-7,10-11,15-16H,4-5,8-9,12-14H2,1-3H3,(H,23,26)(H,24,27). The van der Waals surface area contributed by atoms with Crippen LogP contribution in [-0.4, -0.2) is 30.3 Å². The molecule has 1 aromatic rings. The number of para-hydroxylation sites is 2. The predicted molar refractivity (Wildman–Crippen MR) is 110 cm³/mol. The molecule has 6 heteroatoms. The number of benzene rings is 1. The first-order valence-corrected chi connectivity index (χ1v) is 10.2. The van der Waals surface area contributed by atoms with Crippen molar-refractivity contribution in [3.8, 4) is 0 Å². The average molecular weight is 386 g/mol. The zero-order valence-corrected chi connectivity index (χ0v) is 17.1. The second kappa shape index (κ2) is 8.33. The highest BCUT2D eigenvalue weighted by atomic mass is 16.2. The molecular formula is C22H31N3O3. The Hall–Kier alpha value is -2.37. The Morgan fingerprint density at radius 1 is 1.14 bits per heavy atom. The summed E-state index contributed by atoms with van der Waals surface area (Å²) in [5.74, 6) is -0.0389. The molecule has 1 aromatic carbocycles. The summed E-state index contributed by atoms with van der Waals surface area (Å²) in [6.45, 7) is 6.67. The van der Waals surface area contributed by atoms with E-state index in [2.05, 4.69) is 31.4 Å². The van der Waals surface area contributed by atoms with E-state index in [-0.39, 0.29) is 48.6 Å². The molecule has 2 unspecified atom stereocenters. The molecular weight excluding hydrogens is 354 g/mol. The van der Waals surface area contributed by atoms with Crippen molar-refractivity contribution in [1.82, 2.24) is 5.32 Å². The number of anilines is 2. The Bertz CT molecular complexity index is 754. The number of hydrogen-bond acceptors (Lipinski definition) is 3. The first-order valence-electron chi connectivity index (χ1n) is 10.2. The highest BCUT2D eigenvalue weighted by Gasteiger charge is 2.35. The fourth-order valence-electron chi connectivity index (χ4n) is 4.43. The van der Waals surface area contributed by atoms with Gasteiger partial charge in [0.2, 0.25) is 17.7 Å². The van der Waals surface area contributed by atoms with Crippen molar-refractivity contribution in [2.24, 2.45) is 11.3 Å². The normalized spacial score (nSPS) is 22.2. The molecule has 2 N–H and O–H groups in total. The van der Waals surface area contributed by atoms with Crippen LogP contribution in [0.25, 0.3) is 0 Å². The fourth-order valence-corrected chi connectivity index (χ4v) is 4.43. The summed E-state index contributed by atoms with van der Waals surface area (Å²) in [6, 6.07) is 7.41. The SMILES string of the molecule is CC(C)(C)C1CCCCC1NC(=O)CCC(=O)N1CC(=O)Nc2ccccc21. The molecule has 1 heterocycles. The van der Waals surface area contributed by atoms with Gasteiger partial charge in [-0.25, -0.2) is 0 Å². The average Bonchev–Trinajstić information content (AvgIpc) is 2.65. The van der Waals surface area contributed by atoms with Crippen LogP contribution < -0.4 is 15.5 Å². The van der Waals surface area contributed by atoms with Crippen LogP contribution in [0.15, 0.2) is 24.3 Å². The van der Waals surface area contributed by atoms with Crippen molar-refractivity contribution < 1.29 is 14.4 Å². The molecule has 0 bridgehead atoms.